The molecule has 4 rings (SSSR count). The third kappa shape index (κ3) is 7.06. The fourth-order valence-electron chi connectivity index (χ4n) is 3.57. The van der Waals surface area contributed by atoms with Gasteiger partial charge in [0.25, 0.3) is 0 Å². The standard InChI is InChI=1S/C21H34N4O4/c1(9-28-17-5-11-26-14-17)7-22-20-13-19(16-3-4-16)24-21(25-20)23-8-2-10-29-18-6-12-27-15-18/h13,16-18H,1-12,14-15H2,(H2,22,23,24,25)/t17-,18+/m0/s1. The minimum absolute atomic E-state index is 0.269. The second-order valence-electron chi connectivity index (χ2n) is 8.05. The van der Waals surface area contributed by atoms with E-state index in [4.69, 9.17) is 23.9 Å². The van der Waals surface area contributed by atoms with E-state index in [2.05, 4.69) is 21.7 Å². The highest BCUT2D eigenvalue weighted by atomic mass is 16.5. The van der Waals surface area contributed by atoms with Crippen LogP contribution in [0, 0.1) is 0 Å². The molecular weight excluding hydrogens is 372 g/mol. The van der Waals surface area contributed by atoms with Crippen molar-refractivity contribution in [3.8, 4) is 0 Å². The molecule has 0 radical (unpaired) electrons. The van der Waals surface area contributed by atoms with Gasteiger partial charge in [0.2, 0.25) is 5.95 Å². The van der Waals surface area contributed by atoms with Crippen molar-refractivity contribution < 1.29 is 18.9 Å². The molecule has 1 aromatic heterocycles. The Kier molecular flexibility index (Phi) is 7.92. The monoisotopic (exact) mass is 406 g/mol. The van der Waals surface area contributed by atoms with Crippen molar-refractivity contribution in [2.75, 3.05) is 63.4 Å². The molecule has 29 heavy (non-hydrogen) atoms. The van der Waals surface area contributed by atoms with Crippen LogP contribution in [0.25, 0.3) is 0 Å². The third-order valence-electron chi connectivity index (χ3n) is 5.46. The zero-order valence-corrected chi connectivity index (χ0v) is 17.2. The van der Waals surface area contributed by atoms with E-state index < -0.39 is 0 Å². The van der Waals surface area contributed by atoms with Crippen molar-refractivity contribution in [1.29, 1.82) is 0 Å². The summed E-state index contributed by atoms with van der Waals surface area (Å²) in [5.41, 5.74) is 1.14. The van der Waals surface area contributed by atoms with E-state index in [1.54, 1.807) is 0 Å². The molecule has 3 aliphatic rings. The lowest BCUT2D eigenvalue weighted by molar-refractivity contribution is 0.0427. The Morgan fingerprint density at radius 3 is 2.10 bits per heavy atom. The predicted octanol–water partition coefficient (Wildman–Crippen LogP) is 2.57. The van der Waals surface area contributed by atoms with Gasteiger partial charge in [-0.3, -0.25) is 0 Å². The first-order valence-corrected chi connectivity index (χ1v) is 11.1. The Labute approximate surface area is 173 Å². The molecule has 0 unspecified atom stereocenters. The zero-order chi connectivity index (χ0) is 19.7. The molecule has 8 heteroatoms. The lowest BCUT2D eigenvalue weighted by Crippen LogP contribution is -2.16. The molecule has 162 valence electrons. The third-order valence-corrected chi connectivity index (χ3v) is 5.46. The fraction of sp³-hybridized carbons (Fsp3) is 0.810. The fourth-order valence-corrected chi connectivity index (χ4v) is 3.57. The van der Waals surface area contributed by atoms with Crippen LogP contribution in [0.15, 0.2) is 6.07 Å². The van der Waals surface area contributed by atoms with Crippen LogP contribution < -0.4 is 10.6 Å². The Balaban J connectivity index is 1.17. The molecule has 2 saturated heterocycles. The van der Waals surface area contributed by atoms with Crippen LogP contribution in [-0.2, 0) is 18.9 Å². The van der Waals surface area contributed by atoms with Crippen molar-refractivity contribution in [3.05, 3.63) is 11.8 Å². The highest BCUT2D eigenvalue weighted by Gasteiger charge is 2.26. The average molecular weight is 407 g/mol. The highest BCUT2D eigenvalue weighted by molar-refractivity contribution is 5.44. The molecule has 8 nitrogen and oxygen atoms in total. The number of rotatable bonds is 13. The number of aromatic nitrogens is 2. The summed E-state index contributed by atoms with van der Waals surface area (Å²) < 4.78 is 22.3. The predicted molar refractivity (Wildman–Crippen MR) is 111 cm³/mol. The van der Waals surface area contributed by atoms with Crippen LogP contribution >= 0.6 is 0 Å². The number of anilines is 2. The molecule has 0 amide bonds. The van der Waals surface area contributed by atoms with E-state index in [1.165, 1.54) is 12.8 Å². The van der Waals surface area contributed by atoms with Crippen LogP contribution in [0.4, 0.5) is 11.8 Å². The van der Waals surface area contributed by atoms with E-state index in [1.807, 2.05) is 0 Å². The van der Waals surface area contributed by atoms with Gasteiger partial charge in [0.05, 0.1) is 31.1 Å². The maximum Gasteiger partial charge on any atom is 0.224 e. The summed E-state index contributed by atoms with van der Waals surface area (Å²) in [5, 5.41) is 6.79. The van der Waals surface area contributed by atoms with Crippen molar-refractivity contribution in [1.82, 2.24) is 9.97 Å². The first-order chi connectivity index (χ1) is 14.4. The molecule has 3 fully saturated rings. The molecule has 1 saturated carbocycles. The summed E-state index contributed by atoms with van der Waals surface area (Å²) in [5.74, 6) is 2.20. The van der Waals surface area contributed by atoms with Gasteiger partial charge in [0, 0.05) is 51.5 Å². The van der Waals surface area contributed by atoms with Gasteiger partial charge in [-0.2, -0.15) is 4.98 Å². The van der Waals surface area contributed by atoms with Gasteiger partial charge in [-0.15, -0.1) is 0 Å². The summed E-state index contributed by atoms with van der Waals surface area (Å²) in [7, 11) is 0. The first-order valence-electron chi connectivity index (χ1n) is 11.1. The lowest BCUT2D eigenvalue weighted by atomic mass is 10.2. The van der Waals surface area contributed by atoms with Gasteiger partial charge in [0.15, 0.2) is 0 Å². The smallest absolute Gasteiger partial charge is 0.224 e. The SMILES string of the molecule is c1c(NCCCO[C@H]2CCOC2)nc(NCCCO[C@@H]2CCOC2)nc1C1CC1. The minimum atomic E-state index is 0.269. The minimum Gasteiger partial charge on any atom is -0.379 e. The van der Waals surface area contributed by atoms with Crippen molar-refractivity contribution in [3.63, 3.8) is 0 Å². The molecular formula is C21H34N4O4. The number of nitrogens with one attached hydrogen (secondary N) is 2. The average Bonchev–Trinajstić information content (AvgIpc) is 3.21. The van der Waals surface area contributed by atoms with Crippen LogP contribution in [-0.4, -0.2) is 74.9 Å². The lowest BCUT2D eigenvalue weighted by Gasteiger charge is -2.13. The van der Waals surface area contributed by atoms with Gasteiger partial charge in [-0.05, 0) is 38.5 Å². The molecule has 1 aromatic rings. The number of ether oxygens (including phenoxy) is 4. The molecule has 2 atom stereocenters. The molecule has 0 aromatic carbocycles. The van der Waals surface area contributed by atoms with Crippen LogP contribution in [0.1, 0.15) is 50.1 Å². The van der Waals surface area contributed by atoms with Crippen molar-refractivity contribution >= 4 is 11.8 Å². The second kappa shape index (κ2) is 11.1. The molecule has 2 N–H and O–H groups in total. The Bertz CT molecular complexity index is 572. The maximum atomic E-state index is 5.82. The van der Waals surface area contributed by atoms with E-state index in [0.29, 0.717) is 11.9 Å². The number of hydrogen-bond acceptors (Lipinski definition) is 8. The molecule has 0 spiro atoms. The summed E-state index contributed by atoms with van der Waals surface area (Å²) in [6, 6.07) is 2.09. The van der Waals surface area contributed by atoms with Crippen molar-refractivity contribution in [2.45, 2.75) is 56.7 Å². The number of nitrogens with zero attached hydrogens (tertiary/aromatic N) is 2. The summed E-state index contributed by atoms with van der Waals surface area (Å²) >= 11 is 0. The molecule has 1 aliphatic carbocycles. The van der Waals surface area contributed by atoms with E-state index >= 15 is 0 Å². The van der Waals surface area contributed by atoms with Crippen LogP contribution in [0.3, 0.4) is 0 Å². The van der Waals surface area contributed by atoms with Gasteiger partial charge in [-0.25, -0.2) is 4.98 Å². The zero-order valence-electron chi connectivity index (χ0n) is 17.2. The van der Waals surface area contributed by atoms with Gasteiger partial charge >= 0.3 is 0 Å². The Morgan fingerprint density at radius 2 is 1.52 bits per heavy atom. The van der Waals surface area contributed by atoms with E-state index in [-0.39, 0.29) is 12.2 Å². The first kappa shape index (κ1) is 20.8. The topological polar surface area (TPSA) is 86.8 Å². The maximum absolute atomic E-state index is 5.82. The van der Waals surface area contributed by atoms with Crippen LogP contribution in [0.5, 0.6) is 0 Å². The highest BCUT2D eigenvalue weighted by Crippen LogP contribution is 2.39. The van der Waals surface area contributed by atoms with E-state index in [9.17, 15) is 0 Å². The molecule has 2 aliphatic heterocycles. The van der Waals surface area contributed by atoms with Crippen LogP contribution in [0.2, 0.25) is 0 Å². The summed E-state index contributed by atoms with van der Waals surface area (Å²) in [6.45, 7) is 6.24. The van der Waals surface area contributed by atoms with Gasteiger partial charge in [-0.1, -0.05) is 0 Å². The summed E-state index contributed by atoms with van der Waals surface area (Å²) in [6.07, 6.45) is 6.90. The quantitative estimate of drug-likeness (QED) is 0.484. The van der Waals surface area contributed by atoms with Gasteiger partial charge < -0.3 is 29.6 Å². The largest absolute Gasteiger partial charge is 0.379 e. The molecule has 3 heterocycles. The molecule has 0 bridgehead atoms. The van der Waals surface area contributed by atoms with E-state index in [0.717, 1.165) is 89.9 Å². The Hall–Kier alpha value is -1.48. The second-order valence-corrected chi connectivity index (χ2v) is 8.05. The summed E-state index contributed by atoms with van der Waals surface area (Å²) in [4.78, 5) is 9.34. The van der Waals surface area contributed by atoms with Crippen molar-refractivity contribution in [2.24, 2.45) is 0 Å². The van der Waals surface area contributed by atoms with Gasteiger partial charge in [0.1, 0.15) is 5.82 Å². The number of hydrogen-bond donors (Lipinski definition) is 2. The normalized spacial score (nSPS) is 24.1. The Morgan fingerprint density at radius 1 is 0.862 bits per heavy atom.